The minimum Gasteiger partial charge on any atom is -0.480 e. The van der Waals surface area contributed by atoms with E-state index >= 15 is 0 Å². The van der Waals surface area contributed by atoms with Crippen molar-refractivity contribution in [3.05, 3.63) is 11.5 Å². The van der Waals surface area contributed by atoms with Gasteiger partial charge in [-0.05, 0) is 11.5 Å². The van der Waals surface area contributed by atoms with Gasteiger partial charge < -0.3 is 9.84 Å². The van der Waals surface area contributed by atoms with E-state index in [4.69, 9.17) is 9.84 Å². The van der Waals surface area contributed by atoms with Gasteiger partial charge in [0.05, 0.1) is 0 Å². The molecule has 2 atom stereocenters. The maximum atomic E-state index is 10.5. The van der Waals surface area contributed by atoms with E-state index in [-0.39, 0.29) is 0 Å². The van der Waals surface area contributed by atoms with Crippen molar-refractivity contribution in [2.24, 2.45) is 0 Å². The number of rotatable bonds is 2. The van der Waals surface area contributed by atoms with Gasteiger partial charge in [-0.1, -0.05) is 0 Å². The number of carboxylic acid groups (broad SMARTS) is 1. The average Bonchev–Trinajstić information content (AvgIpc) is 2.33. The Kier molecular flexibility index (Phi) is 2.75. The Balaban J connectivity index is 2.57. The molecule has 12 heavy (non-hydrogen) atoms. The van der Waals surface area contributed by atoms with Gasteiger partial charge in [0, 0.05) is 6.92 Å². The SMILES string of the molecule is CC(=O)OC1C=CSC1C(=O)O. The highest BCUT2D eigenvalue weighted by Crippen LogP contribution is 2.26. The fraction of sp³-hybridized carbons (Fsp3) is 0.429. The molecule has 0 aliphatic carbocycles. The zero-order valence-electron chi connectivity index (χ0n) is 6.39. The first-order valence-corrected chi connectivity index (χ1v) is 4.27. The van der Waals surface area contributed by atoms with Gasteiger partial charge in [-0.2, -0.15) is 0 Å². The van der Waals surface area contributed by atoms with Crippen LogP contribution in [-0.4, -0.2) is 28.4 Å². The first-order chi connectivity index (χ1) is 5.61. The lowest BCUT2D eigenvalue weighted by atomic mass is 10.2. The first-order valence-electron chi connectivity index (χ1n) is 3.33. The lowest BCUT2D eigenvalue weighted by Crippen LogP contribution is -2.30. The summed E-state index contributed by atoms with van der Waals surface area (Å²) in [7, 11) is 0. The van der Waals surface area contributed by atoms with Crippen LogP contribution in [0.1, 0.15) is 6.92 Å². The Morgan fingerprint density at radius 2 is 2.25 bits per heavy atom. The molecular formula is C7H8O4S. The molecule has 1 aliphatic rings. The Morgan fingerprint density at radius 1 is 1.58 bits per heavy atom. The van der Waals surface area contributed by atoms with Crippen LogP contribution in [0.2, 0.25) is 0 Å². The van der Waals surface area contributed by atoms with Gasteiger partial charge in [0.25, 0.3) is 0 Å². The molecule has 0 amide bonds. The summed E-state index contributed by atoms with van der Waals surface area (Å²) in [6, 6.07) is 0. The van der Waals surface area contributed by atoms with Crippen LogP contribution in [0, 0.1) is 0 Å². The highest BCUT2D eigenvalue weighted by molar-refractivity contribution is 8.03. The molecule has 0 fully saturated rings. The molecule has 0 bridgehead atoms. The number of hydrogen-bond donors (Lipinski definition) is 1. The van der Waals surface area contributed by atoms with Gasteiger partial charge in [0.1, 0.15) is 11.4 Å². The third-order valence-electron chi connectivity index (χ3n) is 1.34. The molecule has 1 heterocycles. The second-order valence-electron chi connectivity index (χ2n) is 2.30. The molecule has 0 radical (unpaired) electrons. The van der Waals surface area contributed by atoms with E-state index in [9.17, 15) is 9.59 Å². The number of carbonyl (C=O) groups is 2. The summed E-state index contributed by atoms with van der Waals surface area (Å²) in [5.41, 5.74) is 0. The average molecular weight is 188 g/mol. The standard InChI is InChI=1S/C7H8O4S/c1-4(8)11-5-2-3-12-6(5)7(9)10/h2-3,5-6H,1H3,(H,9,10). The molecule has 1 rings (SSSR count). The monoisotopic (exact) mass is 188 g/mol. The molecular weight excluding hydrogens is 180 g/mol. The smallest absolute Gasteiger partial charge is 0.321 e. The molecule has 0 spiro atoms. The Hall–Kier alpha value is -0.970. The van der Waals surface area contributed by atoms with Crippen molar-refractivity contribution < 1.29 is 19.4 Å². The predicted molar refractivity (Wildman–Crippen MR) is 43.7 cm³/mol. The molecule has 0 saturated heterocycles. The maximum Gasteiger partial charge on any atom is 0.321 e. The van der Waals surface area contributed by atoms with Crippen molar-refractivity contribution >= 4 is 23.7 Å². The first kappa shape index (κ1) is 9.12. The van der Waals surface area contributed by atoms with Gasteiger partial charge in [0.15, 0.2) is 0 Å². The second-order valence-corrected chi connectivity index (χ2v) is 3.35. The molecule has 66 valence electrons. The summed E-state index contributed by atoms with van der Waals surface area (Å²) in [4.78, 5) is 21.1. The summed E-state index contributed by atoms with van der Waals surface area (Å²) in [6.07, 6.45) is 0.954. The third-order valence-corrected chi connectivity index (χ3v) is 2.41. The zero-order chi connectivity index (χ0) is 9.14. The van der Waals surface area contributed by atoms with Crippen molar-refractivity contribution in [3.63, 3.8) is 0 Å². The van der Waals surface area contributed by atoms with E-state index in [1.54, 1.807) is 11.5 Å². The number of carbonyl (C=O) groups excluding carboxylic acids is 1. The highest BCUT2D eigenvalue weighted by atomic mass is 32.2. The number of ether oxygens (including phenoxy) is 1. The van der Waals surface area contributed by atoms with Crippen LogP contribution in [-0.2, 0) is 14.3 Å². The fourth-order valence-corrected chi connectivity index (χ4v) is 1.71. The van der Waals surface area contributed by atoms with Crippen LogP contribution in [0.3, 0.4) is 0 Å². The molecule has 2 unspecified atom stereocenters. The quantitative estimate of drug-likeness (QED) is 0.644. The summed E-state index contributed by atoms with van der Waals surface area (Å²) in [5, 5.41) is 9.59. The predicted octanol–water partition coefficient (Wildman–Crippen LogP) is 0.632. The maximum absolute atomic E-state index is 10.5. The van der Waals surface area contributed by atoms with E-state index < -0.39 is 23.3 Å². The highest BCUT2D eigenvalue weighted by Gasteiger charge is 2.32. The Morgan fingerprint density at radius 3 is 2.75 bits per heavy atom. The van der Waals surface area contributed by atoms with Crippen LogP contribution in [0.15, 0.2) is 11.5 Å². The van der Waals surface area contributed by atoms with E-state index in [2.05, 4.69) is 0 Å². The van der Waals surface area contributed by atoms with Crippen molar-refractivity contribution in [3.8, 4) is 0 Å². The number of carboxylic acids is 1. The van der Waals surface area contributed by atoms with E-state index in [1.165, 1.54) is 6.92 Å². The second kappa shape index (κ2) is 3.62. The topological polar surface area (TPSA) is 63.6 Å². The normalized spacial score (nSPS) is 27.1. The molecule has 0 aromatic carbocycles. The minimum atomic E-state index is -0.962. The van der Waals surface area contributed by atoms with E-state index in [0.717, 1.165) is 11.8 Å². The largest absolute Gasteiger partial charge is 0.480 e. The number of hydrogen-bond acceptors (Lipinski definition) is 4. The summed E-state index contributed by atoms with van der Waals surface area (Å²) in [6.45, 7) is 1.26. The van der Waals surface area contributed by atoms with Crippen LogP contribution in [0.25, 0.3) is 0 Å². The van der Waals surface area contributed by atoms with Crippen molar-refractivity contribution in [1.82, 2.24) is 0 Å². The summed E-state index contributed by atoms with van der Waals surface area (Å²) >= 11 is 1.14. The van der Waals surface area contributed by atoms with Gasteiger partial charge in [0.2, 0.25) is 0 Å². The molecule has 0 saturated carbocycles. The lowest BCUT2D eigenvalue weighted by molar-refractivity contribution is -0.147. The van der Waals surface area contributed by atoms with Crippen LogP contribution < -0.4 is 0 Å². The van der Waals surface area contributed by atoms with E-state index in [0.29, 0.717) is 0 Å². The van der Waals surface area contributed by atoms with Crippen LogP contribution in [0.4, 0.5) is 0 Å². The third kappa shape index (κ3) is 2.01. The molecule has 5 heteroatoms. The van der Waals surface area contributed by atoms with Crippen LogP contribution in [0.5, 0.6) is 0 Å². The molecule has 0 aromatic heterocycles. The number of esters is 1. The Bertz CT molecular complexity index is 236. The summed E-state index contributed by atoms with van der Waals surface area (Å²) in [5.74, 6) is -1.42. The number of aliphatic carboxylic acids is 1. The van der Waals surface area contributed by atoms with Gasteiger partial charge in [-0.25, -0.2) is 0 Å². The molecule has 1 aliphatic heterocycles. The zero-order valence-corrected chi connectivity index (χ0v) is 7.21. The van der Waals surface area contributed by atoms with Gasteiger partial charge in [-0.3, -0.25) is 9.59 Å². The minimum absolute atomic E-state index is 0.460. The molecule has 0 aromatic rings. The van der Waals surface area contributed by atoms with Crippen molar-refractivity contribution in [2.45, 2.75) is 18.3 Å². The van der Waals surface area contributed by atoms with Gasteiger partial charge in [-0.15, -0.1) is 11.8 Å². The van der Waals surface area contributed by atoms with Gasteiger partial charge >= 0.3 is 11.9 Å². The summed E-state index contributed by atoms with van der Waals surface area (Å²) < 4.78 is 4.76. The molecule has 1 N–H and O–H groups in total. The molecule has 4 nitrogen and oxygen atoms in total. The lowest BCUT2D eigenvalue weighted by Gasteiger charge is -2.13. The fourth-order valence-electron chi connectivity index (χ4n) is 0.877. The Labute approximate surface area is 73.6 Å². The van der Waals surface area contributed by atoms with Crippen molar-refractivity contribution in [2.75, 3.05) is 0 Å². The number of thioether (sulfide) groups is 1. The van der Waals surface area contributed by atoms with E-state index in [1.807, 2.05) is 0 Å². The van der Waals surface area contributed by atoms with Crippen LogP contribution >= 0.6 is 11.8 Å². The van der Waals surface area contributed by atoms with Crippen molar-refractivity contribution in [1.29, 1.82) is 0 Å².